The Bertz CT molecular complexity index is 575. The lowest BCUT2D eigenvalue weighted by Crippen LogP contribution is -2.13. The summed E-state index contributed by atoms with van der Waals surface area (Å²) >= 11 is 5.59. The molecule has 2 aromatic rings. The van der Waals surface area contributed by atoms with E-state index in [0.29, 0.717) is 5.56 Å². The molecule has 0 spiro atoms. The highest BCUT2D eigenvalue weighted by Crippen LogP contribution is 2.30. The zero-order valence-electron chi connectivity index (χ0n) is 10.8. The van der Waals surface area contributed by atoms with Gasteiger partial charge < -0.3 is 4.90 Å². The minimum Gasteiger partial charge on any atom is -0.340 e. The lowest BCUT2D eigenvalue weighted by molar-refractivity contribution is 0.582. The minimum atomic E-state index is -0.611. The number of nitrogens with zero attached hydrogens (tertiary/aromatic N) is 1. The Morgan fingerprint density at radius 1 is 1.11 bits per heavy atom. The zero-order chi connectivity index (χ0) is 14.0. The van der Waals surface area contributed by atoms with Crippen molar-refractivity contribution < 1.29 is 8.78 Å². The van der Waals surface area contributed by atoms with Crippen LogP contribution in [-0.2, 0) is 5.88 Å². The molecule has 0 aliphatic rings. The molecule has 0 fully saturated rings. The number of rotatable bonds is 3. The maximum absolute atomic E-state index is 14.0. The van der Waals surface area contributed by atoms with Gasteiger partial charge in [-0.25, -0.2) is 8.78 Å². The highest BCUT2D eigenvalue weighted by Gasteiger charge is 2.16. The van der Waals surface area contributed by atoms with Crippen molar-refractivity contribution >= 4 is 23.0 Å². The van der Waals surface area contributed by atoms with E-state index < -0.39 is 11.6 Å². The molecule has 0 saturated carbocycles. The minimum absolute atomic E-state index is 0.0699. The van der Waals surface area contributed by atoms with Gasteiger partial charge in [-0.1, -0.05) is 12.1 Å². The van der Waals surface area contributed by atoms with Crippen molar-refractivity contribution in [1.82, 2.24) is 0 Å². The molecule has 0 atom stereocenters. The molecule has 0 radical (unpaired) electrons. The Hall–Kier alpha value is -1.61. The van der Waals surface area contributed by atoms with Gasteiger partial charge >= 0.3 is 0 Å². The van der Waals surface area contributed by atoms with E-state index in [1.807, 2.05) is 25.1 Å². The third-order valence-corrected chi connectivity index (χ3v) is 3.26. The predicted octanol–water partition coefficient (Wildman–Crippen LogP) is 4.78. The normalized spacial score (nSPS) is 10.6. The van der Waals surface area contributed by atoms with E-state index in [1.54, 1.807) is 13.1 Å². The van der Waals surface area contributed by atoms with E-state index in [9.17, 15) is 8.78 Å². The molecule has 0 heterocycles. The Morgan fingerprint density at radius 2 is 1.74 bits per heavy atom. The van der Waals surface area contributed by atoms with Gasteiger partial charge in [-0.2, -0.15) is 0 Å². The van der Waals surface area contributed by atoms with Crippen molar-refractivity contribution in [2.75, 3.05) is 11.9 Å². The molecule has 0 unspecified atom stereocenters. The molecule has 2 aromatic carbocycles. The summed E-state index contributed by atoms with van der Waals surface area (Å²) in [5.41, 5.74) is 2.12. The first-order valence-corrected chi connectivity index (χ1v) is 6.40. The van der Waals surface area contributed by atoms with E-state index in [2.05, 4.69) is 0 Å². The van der Waals surface area contributed by atoms with E-state index in [4.69, 9.17) is 11.6 Å². The maximum Gasteiger partial charge on any atom is 0.150 e. The Kier molecular flexibility index (Phi) is 4.05. The predicted molar refractivity (Wildman–Crippen MR) is 75.2 cm³/mol. The first kappa shape index (κ1) is 13.8. The van der Waals surface area contributed by atoms with Crippen LogP contribution in [0.15, 0.2) is 36.4 Å². The van der Waals surface area contributed by atoms with E-state index in [1.165, 1.54) is 17.0 Å². The zero-order valence-corrected chi connectivity index (χ0v) is 11.5. The van der Waals surface area contributed by atoms with Gasteiger partial charge in [-0.15, -0.1) is 11.6 Å². The summed E-state index contributed by atoms with van der Waals surface area (Å²) in [6.45, 7) is 1.93. The number of hydrogen-bond donors (Lipinski definition) is 0. The fourth-order valence-electron chi connectivity index (χ4n) is 1.98. The summed E-state index contributed by atoms with van der Waals surface area (Å²) < 4.78 is 28.0. The van der Waals surface area contributed by atoms with Crippen LogP contribution < -0.4 is 4.90 Å². The average Bonchev–Trinajstić information content (AvgIpc) is 2.37. The number of aryl methyl sites for hydroxylation is 1. The molecule has 0 aliphatic carbocycles. The molecule has 0 N–H and O–H groups in total. The molecule has 19 heavy (non-hydrogen) atoms. The van der Waals surface area contributed by atoms with E-state index in [0.717, 1.165) is 11.3 Å². The van der Waals surface area contributed by atoms with Gasteiger partial charge in [-0.3, -0.25) is 0 Å². The van der Waals surface area contributed by atoms with Crippen molar-refractivity contribution in [2.24, 2.45) is 0 Å². The van der Waals surface area contributed by atoms with Crippen LogP contribution in [0.2, 0.25) is 0 Å². The molecule has 0 saturated heterocycles. The van der Waals surface area contributed by atoms with Crippen molar-refractivity contribution in [3.63, 3.8) is 0 Å². The molecule has 1 nitrogen and oxygen atoms in total. The van der Waals surface area contributed by atoms with E-state index in [-0.39, 0.29) is 11.6 Å². The van der Waals surface area contributed by atoms with Crippen LogP contribution in [0.25, 0.3) is 0 Å². The summed E-state index contributed by atoms with van der Waals surface area (Å²) in [5.74, 6) is -1.14. The van der Waals surface area contributed by atoms with Crippen molar-refractivity contribution in [2.45, 2.75) is 12.8 Å². The van der Waals surface area contributed by atoms with Gasteiger partial charge in [0.1, 0.15) is 17.3 Å². The standard InChI is InChI=1S/C15H14ClF2N/c1-10-4-3-5-12(6-10)19(2)15-13(17)7-11(9-16)8-14(15)18/h3-8H,9H2,1-2H3. The topological polar surface area (TPSA) is 3.24 Å². The fourth-order valence-corrected chi connectivity index (χ4v) is 2.14. The number of hydrogen-bond acceptors (Lipinski definition) is 1. The van der Waals surface area contributed by atoms with Gasteiger partial charge in [0.15, 0.2) is 0 Å². The van der Waals surface area contributed by atoms with Crippen molar-refractivity contribution in [3.8, 4) is 0 Å². The van der Waals surface area contributed by atoms with Crippen LogP contribution >= 0.6 is 11.6 Å². The monoisotopic (exact) mass is 281 g/mol. The fraction of sp³-hybridized carbons (Fsp3) is 0.200. The molecule has 0 bridgehead atoms. The highest BCUT2D eigenvalue weighted by atomic mass is 35.5. The first-order valence-electron chi connectivity index (χ1n) is 5.87. The van der Waals surface area contributed by atoms with Gasteiger partial charge in [0.25, 0.3) is 0 Å². The lowest BCUT2D eigenvalue weighted by atomic mass is 10.1. The largest absolute Gasteiger partial charge is 0.340 e. The van der Waals surface area contributed by atoms with E-state index >= 15 is 0 Å². The Labute approximate surface area is 116 Å². The molecule has 4 heteroatoms. The van der Waals surface area contributed by atoms with Crippen LogP contribution in [0.3, 0.4) is 0 Å². The molecular weight excluding hydrogens is 268 g/mol. The summed E-state index contributed by atoms with van der Waals surface area (Å²) in [5, 5.41) is 0. The summed E-state index contributed by atoms with van der Waals surface area (Å²) in [7, 11) is 1.64. The van der Waals surface area contributed by atoms with Crippen molar-refractivity contribution in [1.29, 1.82) is 0 Å². The third kappa shape index (κ3) is 2.87. The van der Waals surface area contributed by atoms with Gasteiger partial charge in [0.05, 0.1) is 0 Å². The second-order valence-corrected chi connectivity index (χ2v) is 4.71. The van der Waals surface area contributed by atoms with Gasteiger partial charge in [-0.05, 0) is 42.3 Å². The number of benzene rings is 2. The van der Waals surface area contributed by atoms with Crippen LogP contribution in [-0.4, -0.2) is 7.05 Å². The Morgan fingerprint density at radius 3 is 2.26 bits per heavy atom. The average molecular weight is 282 g/mol. The van der Waals surface area contributed by atoms with Crippen molar-refractivity contribution in [3.05, 3.63) is 59.2 Å². The number of halogens is 3. The maximum atomic E-state index is 14.0. The van der Waals surface area contributed by atoms with Gasteiger partial charge in [0, 0.05) is 18.6 Å². The molecule has 0 amide bonds. The second kappa shape index (κ2) is 5.57. The summed E-state index contributed by atoms with van der Waals surface area (Å²) in [6, 6.07) is 9.98. The SMILES string of the molecule is Cc1cccc(N(C)c2c(F)cc(CCl)cc2F)c1. The molecular formula is C15H14ClF2N. The van der Waals surface area contributed by atoms with Gasteiger partial charge in [0.2, 0.25) is 0 Å². The summed E-state index contributed by atoms with van der Waals surface area (Å²) in [6.07, 6.45) is 0. The van der Waals surface area contributed by atoms with Crippen LogP contribution in [0, 0.1) is 18.6 Å². The van der Waals surface area contributed by atoms with Crippen LogP contribution in [0.5, 0.6) is 0 Å². The smallest absolute Gasteiger partial charge is 0.150 e. The summed E-state index contributed by atoms with van der Waals surface area (Å²) in [4.78, 5) is 1.50. The number of alkyl halides is 1. The second-order valence-electron chi connectivity index (χ2n) is 4.44. The third-order valence-electron chi connectivity index (χ3n) is 2.96. The first-order chi connectivity index (χ1) is 9.02. The molecule has 100 valence electrons. The molecule has 0 aromatic heterocycles. The molecule has 0 aliphatic heterocycles. The molecule has 2 rings (SSSR count). The highest BCUT2D eigenvalue weighted by molar-refractivity contribution is 6.17. The number of anilines is 2. The quantitative estimate of drug-likeness (QED) is 0.732. The van der Waals surface area contributed by atoms with Crippen LogP contribution in [0.1, 0.15) is 11.1 Å². The lowest BCUT2D eigenvalue weighted by Gasteiger charge is -2.21. The van der Waals surface area contributed by atoms with Crippen LogP contribution in [0.4, 0.5) is 20.2 Å². The Balaban J connectivity index is 2.47.